The van der Waals surface area contributed by atoms with Crippen LogP contribution in [0, 0.1) is 11.3 Å². The summed E-state index contributed by atoms with van der Waals surface area (Å²) in [5, 5.41) is 9.40. The Morgan fingerprint density at radius 3 is 2.15 bits per heavy atom. The monoisotopic (exact) mass is 280 g/mol. The van der Waals surface area contributed by atoms with E-state index in [0.29, 0.717) is 0 Å². The predicted molar refractivity (Wildman–Crippen MR) is 71.5 cm³/mol. The Morgan fingerprint density at radius 2 is 1.65 bits per heavy atom. The van der Waals surface area contributed by atoms with Crippen LogP contribution in [0.15, 0.2) is 24.3 Å². The van der Waals surface area contributed by atoms with Crippen LogP contribution in [0.1, 0.15) is 37.3 Å². The molecule has 1 aromatic rings. The summed E-state index contributed by atoms with van der Waals surface area (Å²) in [5.74, 6) is 0.122. The number of hydrogen-bond donors (Lipinski definition) is 0. The number of hydrogen-bond acceptors (Lipinski definition) is 3. The number of rotatable bonds is 4. The summed E-state index contributed by atoms with van der Waals surface area (Å²) >= 11 is 0. The Kier molecular flexibility index (Phi) is 5.31. The van der Waals surface area contributed by atoms with Crippen molar-refractivity contribution in [2.75, 3.05) is 13.1 Å². The highest BCUT2D eigenvalue weighted by atomic mass is 19.3. The first-order valence-corrected chi connectivity index (χ1v) is 6.89. The molecular formula is C15H18F2N2O. The van der Waals surface area contributed by atoms with Gasteiger partial charge in [-0.25, -0.2) is 0 Å². The van der Waals surface area contributed by atoms with E-state index in [-0.39, 0.29) is 11.8 Å². The minimum atomic E-state index is -2.82. The molecule has 0 N–H and O–H groups in total. The molecule has 0 amide bonds. The molecule has 1 aliphatic heterocycles. The van der Waals surface area contributed by atoms with Crippen LogP contribution in [0.5, 0.6) is 5.75 Å². The molecule has 0 radical (unpaired) electrons. The molecule has 20 heavy (non-hydrogen) atoms. The van der Waals surface area contributed by atoms with E-state index in [1.807, 2.05) is 0 Å². The first kappa shape index (κ1) is 14.7. The lowest BCUT2D eigenvalue weighted by atomic mass is 10.1. The zero-order valence-corrected chi connectivity index (χ0v) is 11.3. The van der Waals surface area contributed by atoms with Crippen molar-refractivity contribution in [3.8, 4) is 11.8 Å². The van der Waals surface area contributed by atoms with E-state index in [9.17, 15) is 14.0 Å². The van der Waals surface area contributed by atoms with Gasteiger partial charge in [0.05, 0.1) is 6.07 Å². The molecule has 3 nitrogen and oxygen atoms in total. The van der Waals surface area contributed by atoms with Crippen LogP contribution in [0.2, 0.25) is 0 Å². The van der Waals surface area contributed by atoms with E-state index in [1.54, 1.807) is 12.1 Å². The Labute approximate surface area is 117 Å². The lowest BCUT2D eigenvalue weighted by Gasteiger charge is -2.25. The van der Waals surface area contributed by atoms with Gasteiger partial charge in [0, 0.05) is 0 Å². The van der Waals surface area contributed by atoms with Gasteiger partial charge < -0.3 is 4.74 Å². The van der Waals surface area contributed by atoms with Gasteiger partial charge in [0.2, 0.25) is 0 Å². The molecule has 0 saturated carbocycles. The standard InChI is InChI=1S/C15H18F2N2O/c16-15(17)20-13-7-5-12(6-8-13)14(11-18)19-9-3-1-2-4-10-19/h5-8,14-15H,1-4,9-10H2. The van der Waals surface area contributed by atoms with Crippen LogP contribution in [0.3, 0.4) is 0 Å². The van der Waals surface area contributed by atoms with E-state index < -0.39 is 6.61 Å². The third-order valence-corrected chi connectivity index (χ3v) is 3.55. The topological polar surface area (TPSA) is 36.3 Å². The second-order valence-electron chi connectivity index (χ2n) is 4.93. The minimum Gasteiger partial charge on any atom is -0.435 e. The van der Waals surface area contributed by atoms with E-state index in [2.05, 4.69) is 15.7 Å². The molecule has 108 valence electrons. The first-order valence-electron chi connectivity index (χ1n) is 6.89. The van der Waals surface area contributed by atoms with Crippen LogP contribution in [0.4, 0.5) is 8.78 Å². The Morgan fingerprint density at radius 1 is 1.05 bits per heavy atom. The summed E-state index contributed by atoms with van der Waals surface area (Å²) in [6.07, 6.45) is 4.61. The summed E-state index contributed by atoms with van der Waals surface area (Å²) in [6, 6.07) is 8.36. The number of alkyl halides is 2. The van der Waals surface area contributed by atoms with Crippen molar-refractivity contribution >= 4 is 0 Å². The van der Waals surface area contributed by atoms with Gasteiger partial charge in [0.15, 0.2) is 0 Å². The maximum atomic E-state index is 12.1. The molecule has 1 atom stereocenters. The average molecular weight is 280 g/mol. The predicted octanol–water partition coefficient (Wildman–Crippen LogP) is 3.73. The van der Waals surface area contributed by atoms with Gasteiger partial charge in [0.25, 0.3) is 0 Å². The maximum absolute atomic E-state index is 12.1. The fraction of sp³-hybridized carbons (Fsp3) is 0.533. The normalized spacial score (nSPS) is 18.3. The van der Waals surface area contributed by atoms with Crippen molar-refractivity contribution in [2.45, 2.75) is 38.3 Å². The van der Waals surface area contributed by atoms with Gasteiger partial charge in [-0.15, -0.1) is 0 Å². The van der Waals surface area contributed by atoms with Gasteiger partial charge >= 0.3 is 6.61 Å². The van der Waals surface area contributed by atoms with Gasteiger partial charge in [-0.1, -0.05) is 25.0 Å². The van der Waals surface area contributed by atoms with Crippen LogP contribution < -0.4 is 4.74 Å². The van der Waals surface area contributed by atoms with Gasteiger partial charge in [0.1, 0.15) is 11.8 Å². The van der Waals surface area contributed by atoms with Crippen molar-refractivity contribution in [3.63, 3.8) is 0 Å². The van der Waals surface area contributed by atoms with Crippen molar-refractivity contribution in [2.24, 2.45) is 0 Å². The SMILES string of the molecule is N#CC(c1ccc(OC(F)F)cc1)N1CCCCCC1. The summed E-state index contributed by atoms with van der Waals surface area (Å²) < 4.78 is 28.5. The largest absolute Gasteiger partial charge is 0.435 e. The molecule has 1 saturated heterocycles. The Hall–Kier alpha value is -1.67. The van der Waals surface area contributed by atoms with Gasteiger partial charge in [-0.3, -0.25) is 4.90 Å². The number of nitriles is 1. The van der Waals surface area contributed by atoms with E-state index in [0.717, 1.165) is 31.5 Å². The molecule has 1 heterocycles. The molecule has 1 aromatic carbocycles. The van der Waals surface area contributed by atoms with E-state index >= 15 is 0 Å². The highest BCUT2D eigenvalue weighted by Crippen LogP contribution is 2.25. The Bertz CT molecular complexity index is 448. The number of halogens is 2. The molecule has 1 aliphatic rings. The molecule has 5 heteroatoms. The zero-order valence-electron chi connectivity index (χ0n) is 11.3. The first-order chi connectivity index (χ1) is 9.70. The molecule has 0 aromatic heterocycles. The molecule has 0 spiro atoms. The van der Waals surface area contributed by atoms with Crippen molar-refractivity contribution in [1.82, 2.24) is 4.90 Å². The highest BCUT2D eigenvalue weighted by Gasteiger charge is 2.21. The van der Waals surface area contributed by atoms with Crippen LogP contribution in [0.25, 0.3) is 0 Å². The third-order valence-electron chi connectivity index (χ3n) is 3.55. The van der Waals surface area contributed by atoms with Crippen molar-refractivity contribution in [1.29, 1.82) is 5.26 Å². The van der Waals surface area contributed by atoms with Crippen LogP contribution in [-0.2, 0) is 0 Å². The fourth-order valence-electron chi connectivity index (χ4n) is 2.55. The second-order valence-corrected chi connectivity index (χ2v) is 4.93. The number of benzene rings is 1. The quantitative estimate of drug-likeness (QED) is 0.843. The zero-order chi connectivity index (χ0) is 14.4. The number of ether oxygens (including phenoxy) is 1. The minimum absolute atomic E-state index is 0.122. The van der Waals surface area contributed by atoms with Crippen molar-refractivity contribution < 1.29 is 13.5 Å². The lowest BCUT2D eigenvalue weighted by molar-refractivity contribution is -0.0498. The molecule has 1 fully saturated rings. The smallest absolute Gasteiger partial charge is 0.387 e. The van der Waals surface area contributed by atoms with E-state index in [1.165, 1.54) is 25.0 Å². The van der Waals surface area contributed by atoms with Crippen LogP contribution >= 0.6 is 0 Å². The lowest BCUT2D eigenvalue weighted by Crippen LogP contribution is -2.28. The second kappa shape index (κ2) is 7.20. The molecule has 0 aliphatic carbocycles. The van der Waals surface area contributed by atoms with E-state index in [4.69, 9.17) is 0 Å². The Balaban J connectivity index is 2.08. The summed E-state index contributed by atoms with van der Waals surface area (Å²) in [6.45, 7) is -1.00. The summed E-state index contributed by atoms with van der Waals surface area (Å²) in [7, 11) is 0. The van der Waals surface area contributed by atoms with Crippen molar-refractivity contribution in [3.05, 3.63) is 29.8 Å². The number of nitrogens with zero attached hydrogens (tertiary/aromatic N) is 2. The van der Waals surface area contributed by atoms with Gasteiger partial charge in [-0.2, -0.15) is 14.0 Å². The molecule has 0 bridgehead atoms. The third kappa shape index (κ3) is 3.91. The highest BCUT2D eigenvalue weighted by molar-refractivity contribution is 5.31. The number of likely N-dealkylation sites (tertiary alicyclic amines) is 1. The average Bonchev–Trinajstić information content (AvgIpc) is 2.70. The summed E-state index contributed by atoms with van der Waals surface area (Å²) in [5.41, 5.74) is 0.830. The molecule has 1 unspecified atom stereocenters. The fourth-order valence-corrected chi connectivity index (χ4v) is 2.55. The maximum Gasteiger partial charge on any atom is 0.387 e. The van der Waals surface area contributed by atoms with Crippen LogP contribution in [-0.4, -0.2) is 24.6 Å². The molecule has 2 rings (SSSR count). The van der Waals surface area contributed by atoms with Gasteiger partial charge in [-0.05, 0) is 43.6 Å². The summed E-state index contributed by atoms with van der Waals surface area (Å²) in [4.78, 5) is 2.16. The molecular weight excluding hydrogens is 262 g/mol.